The lowest BCUT2D eigenvalue weighted by atomic mass is 9.75. The number of amides is 1. The number of halogens is 1. The quantitative estimate of drug-likeness (QED) is 0.390. The second-order valence-corrected chi connectivity index (χ2v) is 14.1. The molecule has 3 aromatic rings. The van der Waals surface area contributed by atoms with Gasteiger partial charge < -0.3 is 15.3 Å². The first-order chi connectivity index (χ1) is 20.6. The van der Waals surface area contributed by atoms with E-state index in [2.05, 4.69) is 11.4 Å². The fourth-order valence-corrected chi connectivity index (χ4v) is 7.38. The normalized spacial score (nSPS) is 20.9. The van der Waals surface area contributed by atoms with Crippen LogP contribution in [0.25, 0.3) is 16.8 Å². The molecule has 1 aliphatic heterocycles. The molecule has 5 rings (SSSR count). The number of anilines is 1. The number of benzene rings is 2. The molecule has 2 heterocycles. The Labute approximate surface area is 252 Å². The topological polar surface area (TPSA) is 128 Å². The summed E-state index contributed by atoms with van der Waals surface area (Å²) in [4.78, 5) is 15.6. The molecule has 1 saturated carbocycles. The van der Waals surface area contributed by atoms with Crippen molar-refractivity contribution in [1.29, 1.82) is 5.26 Å². The zero-order chi connectivity index (χ0) is 30.7. The molecule has 3 atom stereocenters. The van der Waals surface area contributed by atoms with E-state index in [0.717, 1.165) is 36.1 Å². The molecule has 1 saturated heterocycles. The molecule has 2 N–H and O–H groups in total. The van der Waals surface area contributed by atoms with E-state index in [0.29, 0.717) is 36.6 Å². The number of aromatic nitrogens is 2. The number of hydrogen-bond acceptors (Lipinski definition) is 7. The van der Waals surface area contributed by atoms with Crippen LogP contribution in [0.4, 0.5) is 10.1 Å². The summed E-state index contributed by atoms with van der Waals surface area (Å²) in [5.41, 5.74) is 4.24. The first-order valence-electron chi connectivity index (χ1n) is 14.9. The van der Waals surface area contributed by atoms with Gasteiger partial charge in [-0.3, -0.25) is 4.79 Å². The zero-order valence-electron chi connectivity index (χ0n) is 24.5. The molecule has 1 amide bonds. The van der Waals surface area contributed by atoms with Crippen LogP contribution in [0.15, 0.2) is 48.5 Å². The predicted molar refractivity (Wildman–Crippen MR) is 163 cm³/mol. The summed E-state index contributed by atoms with van der Waals surface area (Å²) in [6, 6.07) is 15.3. The van der Waals surface area contributed by atoms with Crippen LogP contribution in [0, 0.1) is 29.0 Å². The number of carbonyl (C=O) groups excluding carboxylic acids is 1. The van der Waals surface area contributed by atoms with Crippen molar-refractivity contribution in [2.24, 2.45) is 11.8 Å². The molecule has 1 aliphatic carbocycles. The predicted octanol–water partition coefficient (Wildman–Crippen LogP) is 4.34. The molecule has 11 heteroatoms. The molecule has 1 aromatic heterocycles. The Kier molecular flexibility index (Phi) is 9.18. The summed E-state index contributed by atoms with van der Waals surface area (Å²) in [6.45, 7) is 4.31. The van der Waals surface area contributed by atoms with Gasteiger partial charge in [0.05, 0.1) is 41.3 Å². The van der Waals surface area contributed by atoms with Gasteiger partial charge in [-0.25, -0.2) is 17.5 Å². The van der Waals surface area contributed by atoms with Gasteiger partial charge in [0.15, 0.2) is 9.84 Å². The molecule has 2 aromatic carbocycles. The van der Waals surface area contributed by atoms with Gasteiger partial charge >= 0.3 is 0 Å². The highest BCUT2D eigenvalue weighted by Crippen LogP contribution is 2.43. The van der Waals surface area contributed by atoms with Gasteiger partial charge in [-0.2, -0.15) is 10.4 Å². The lowest BCUT2D eigenvalue weighted by Gasteiger charge is -2.31. The van der Waals surface area contributed by atoms with E-state index in [1.807, 2.05) is 43.0 Å². The Bertz CT molecular complexity index is 1580. The Morgan fingerprint density at radius 3 is 2.30 bits per heavy atom. The molecule has 3 unspecified atom stereocenters. The second-order valence-electron chi connectivity index (χ2n) is 11.8. The van der Waals surface area contributed by atoms with E-state index in [1.54, 1.807) is 16.8 Å². The van der Waals surface area contributed by atoms with Gasteiger partial charge in [-0.15, -0.1) is 0 Å². The Hall–Kier alpha value is -3.75. The minimum atomic E-state index is -3.01. The third kappa shape index (κ3) is 6.60. The summed E-state index contributed by atoms with van der Waals surface area (Å²) in [5.74, 6) is -1.02. The average molecular weight is 608 g/mol. The molecule has 0 radical (unpaired) electrons. The lowest BCUT2D eigenvalue weighted by molar-refractivity contribution is -0.127. The maximum atomic E-state index is 13.8. The van der Waals surface area contributed by atoms with E-state index in [4.69, 9.17) is 5.10 Å². The van der Waals surface area contributed by atoms with E-state index < -0.39 is 21.8 Å². The first-order valence-corrected chi connectivity index (χ1v) is 16.7. The van der Waals surface area contributed by atoms with Crippen LogP contribution in [-0.4, -0.2) is 59.8 Å². The van der Waals surface area contributed by atoms with Gasteiger partial charge in [-0.05, 0) is 60.7 Å². The van der Waals surface area contributed by atoms with Crippen molar-refractivity contribution in [3.8, 4) is 22.9 Å². The van der Waals surface area contributed by atoms with Gasteiger partial charge in [0, 0.05) is 36.2 Å². The number of nitrogens with one attached hydrogen (secondary N) is 1. The largest absolute Gasteiger partial charge is 0.390 e. The highest BCUT2D eigenvalue weighted by molar-refractivity contribution is 7.91. The van der Waals surface area contributed by atoms with Crippen LogP contribution in [-0.2, 0) is 21.2 Å². The SMILES string of the molecule is CC(C)C(C#N)NC(=O)C1CCCCC1c1nn(-c2ccc(F)cc2)c(CO)c1-c1ccc(N2CCS(=O)(=O)CC2)cc1. The fourth-order valence-electron chi connectivity index (χ4n) is 6.18. The second kappa shape index (κ2) is 12.9. The van der Waals surface area contributed by atoms with Crippen LogP contribution in [0.1, 0.15) is 56.8 Å². The van der Waals surface area contributed by atoms with E-state index >= 15 is 0 Å². The number of rotatable bonds is 8. The smallest absolute Gasteiger partial charge is 0.224 e. The third-order valence-corrected chi connectivity index (χ3v) is 10.3. The number of nitriles is 1. The summed E-state index contributed by atoms with van der Waals surface area (Å²) < 4.78 is 39.3. The summed E-state index contributed by atoms with van der Waals surface area (Å²) >= 11 is 0. The van der Waals surface area contributed by atoms with Gasteiger partial charge in [0.2, 0.25) is 5.91 Å². The van der Waals surface area contributed by atoms with Crippen molar-refractivity contribution < 1.29 is 22.7 Å². The lowest BCUT2D eigenvalue weighted by Crippen LogP contribution is -2.43. The minimum absolute atomic E-state index is 0.0382. The molecule has 2 aliphatic rings. The molecule has 0 spiro atoms. The zero-order valence-corrected chi connectivity index (χ0v) is 25.4. The van der Waals surface area contributed by atoms with Crippen molar-refractivity contribution >= 4 is 21.4 Å². The van der Waals surface area contributed by atoms with Crippen LogP contribution in [0.2, 0.25) is 0 Å². The van der Waals surface area contributed by atoms with Gasteiger partial charge in [0.25, 0.3) is 0 Å². The van der Waals surface area contributed by atoms with Gasteiger partial charge in [-0.1, -0.05) is 38.8 Å². The first kappa shape index (κ1) is 30.7. The maximum Gasteiger partial charge on any atom is 0.224 e. The standard InChI is InChI=1S/C32H38FN5O4S/c1-21(2)28(19-34)35-32(40)27-6-4-3-5-26(27)31-30(29(20-39)38(36-31)25-13-9-23(33)10-14-25)22-7-11-24(12-8-22)37-15-17-43(41,42)18-16-37/h7-14,21,26-28,39H,3-6,15-18,20H2,1-2H3,(H,35,40). The third-order valence-electron chi connectivity index (χ3n) is 8.65. The number of aliphatic hydroxyl groups excluding tert-OH is 1. The Morgan fingerprint density at radius 2 is 1.70 bits per heavy atom. The highest BCUT2D eigenvalue weighted by Gasteiger charge is 2.38. The molecule has 0 bridgehead atoms. The van der Waals surface area contributed by atoms with Crippen LogP contribution in [0.3, 0.4) is 0 Å². The number of hydrogen-bond donors (Lipinski definition) is 2. The molecule has 9 nitrogen and oxygen atoms in total. The van der Waals surface area contributed by atoms with Crippen LogP contribution < -0.4 is 10.2 Å². The minimum Gasteiger partial charge on any atom is -0.390 e. The van der Waals surface area contributed by atoms with Gasteiger partial charge in [0.1, 0.15) is 11.9 Å². The Balaban J connectivity index is 1.57. The summed E-state index contributed by atoms with van der Waals surface area (Å²) in [7, 11) is -3.01. The maximum absolute atomic E-state index is 13.8. The summed E-state index contributed by atoms with van der Waals surface area (Å²) in [5, 5.41) is 28.2. The van der Waals surface area contributed by atoms with Crippen molar-refractivity contribution in [2.75, 3.05) is 29.5 Å². The van der Waals surface area contributed by atoms with Crippen molar-refractivity contribution in [3.05, 3.63) is 65.7 Å². The molecule has 228 valence electrons. The summed E-state index contributed by atoms with van der Waals surface area (Å²) in [6.07, 6.45) is 3.17. The number of carbonyl (C=O) groups is 1. The van der Waals surface area contributed by atoms with Crippen molar-refractivity contribution in [1.82, 2.24) is 15.1 Å². The molecular formula is C32H38FN5O4S. The number of aliphatic hydroxyl groups is 1. The highest BCUT2D eigenvalue weighted by atomic mass is 32.2. The molecular weight excluding hydrogens is 569 g/mol. The molecule has 2 fully saturated rings. The van der Waals surface area contributed by atoms with E-state index in [-0.39, 0.29) is 41.7 Å². The Morgan fingerprint density at radius 1 is 1.07 bits per heavy atom. The number of nitrogens with zero attached hydrogens (tertiary/aromatic N) is 4. The van der Waals surface area contributed by atoms with E-state index in [9.17, 15) is 28.0 Å². The van der Waals surface area contributed by atoms with E-state index in [1.165, 1.54) is 12.1 Å². The number of sulfone groups is 1. The van der Waals surface area contributed by atoms with Crippen molar-refractivity contribution in [2.45, 2.75) is 58.1 Å². The average Bonchev–Trinajstić information content (AvgIpc) is 3.39. The van der Waals surface area contributed by atoms with Crippen LogP contribution >= 0.6 is 0 Å². The molecule has 43 heavy (non-hydrogen) atoms. The monoisotopic (exact) mass is 607 g/mol. The van der Waals surface area contributed by atoms with Crippen LogP contribution in [0.5, 0.6) is 0 Å². The van der Waals surface area contributed by atoms with Crippen molar-refractivity contribution in [3.63, 3.8) is 0 Å². The fraction of sp³-hybridized carbons (Fsp3) is 0.469.